The standard InChI is InChI=1S/C17H11NO2S2/c19-22(20)11-15(13-7-1-2-9-16(13)22)21-14-8-3-5-12-6-4-10-18-17(12)14/h1-11H. The van der Waals surface area contributed by atoms with Crippen molar-refractivity contribution in [3.05, 3.63) is 71.8 Å². The molecule has 5 heteroatoms. The van der Waals surface area contributed by atoms with Crippen molar-refractivity contribution in [1.29, 1.82) is 0 Å². The topological polar surface area (TPSA) is 47.0 Å². The van der Waals surface area contributed by atoms with E-state index >= 15 is 0 Å². The largest absolute Gasteiger partial charge is 0.255 e. The third-order valence-electron chi connectivity index (χ3n) is 3.54. The van der Waals surface area contributed by atoms with Gasteiger partial charge in [0.1, 0.15) is 0 Å². The molecule has 0 N–H and O–H groups in total. The number of nitrogens with zero attached hydrogens (tertiary/aromatic N) is 1. The van der Waals surface area contributed by atoms with E-state index in [4.69, 9.17) is 0 Å². The average molecular weight is 325 g/mol. The van der Waals surface area contributed by atoms with Crippen LogP contribution < -0.4 is 0 Å². The fourth-order valence-electron chi connectivity index (χ4n) is 2.54. The smallest absolute Gasteiger partial charge is 0.201 e. The van der Waals surface area contributed by atoms with E-state index in [9.17, 15) is 8.42 Å². The van der Waals surface area contributed by atoms with Gasteiger partial charge in [-0.2, -0.15) is 0 Å². The van der Waals surface area contributed by atoms with E-state index in [1.165, 1.54) is 17.2 Å². The van der Waals surface area contributed by atoms with Crippen LogP contribution in [0.1, 0.15) is 5.56 Å². The van der Waals surface area contributed by atoms with Crippen LogP contribution in [0.2, 0.25) is 0 Å². The zero-order valence-electron chi connectivity index (χ0n) is 11.4. The molecule has 4 rings (SSSR count). The minimum Gasteiger partial charge on any atom is -0.255 e. The van der Waals surface area contributed by atoms with Crippen LogP contribution in [0.25, 0.3) is 15.8 Å². The van der Waals surface area contributed by atoms with Crippen molar-refractivity contribution in [2.24, 2.45) is 0 Å². The summed E-state index contributed by atoms with van der Waals surface area (Å²) in [6, 6.07) is 16.9. The molecule has 0 unspecified atom stereocenters. The molecule has 0 saturated heterocycles. The Balaban J connectivity index is 1.85. The summed E-state index contributed by atoms with van der Waals surface area (Å²) >= 11 is 1.45. The molecule has 0 radical (unpaired) electrons. The first kappa shape index (κ1) is 13.5. The van der Waals surface area contributed by atoms with Gasteiger partial charge in [0.15, 0.2) is 0 Å². The molecule has 22 heavy (non-hydrogen) atoms. The number of hydrogen-bond donors (Lipinski definition) is 0. The van der Waals surface area contributed by atoms with Crippen molar-refractivity contribution in [1.82, 2.24) is 4.98 Å². The second-order valence-corrected chi connectivity index (χ2v) is 7.81. The lowest BCUT2D eigenvalue weighted by Crippen LogP contribution is -1.91. The maximum atomic E-state index is 12.2. The molecule has 2 aromatic carbocycles. The Kier molecular flexibility index (Phi) is 3.06. The van der Waals surface area contributed by atoms with Crippen molar-refractivity contribution in [2.75, 3.05) is 0 Å². The Labute approximate surface area is 132 Å². The molecule has 3 nitrogen and oxygen atoms in total. The fraction of sp³-hybridized carbons (Fsp3) is 0. The number of hydrogen-bond acceptors (Lipinski definition) is 4. The Morgan fingerprint density at radius 2 is 1.73 bits per heavy atom. The lowest BCUT2D eigenvalue weighted by atomic mass is 10.2. The summed E-state index contributed by atoms with van der Waals surface area (Å²) in [6.07, 6.45) is 1.75. The molecule has 0 amide bonds. The van der Waals surface area contributed by atoms with E-state index in [1.54, 1.807) is 18.3 Å². The Bertz CT molecular complexity index is 1020. The summed E-state index contributed by atoms with van der Waals surface area (Å²) in [7, 11) is -3.33. The highest BCUT2D eigenvalue weighted by Gasteiger charge is 2.27. The molecule has 1 aliphatic rings. The summed E-state index contributed by atoms with van der Waals surface area (Å²) in [5.41, 5.74) is 1.65. The van der Waals surface area contributed by atoms with Gasteiger partial charge in [-0.05, 0) is 18.2 Å². The number of fused-ring (bicyclic) bond motifs is 2. The van der Waals surface area contributed by atoms with Gasteiger partial charge in [-0.3, -0.25) is 4.98 Å². The number of para-hydroxylation sites is 1. The molecule has 0 atom stereocenters. The quantitative estimate of drug-likeness (QED) is 0.711. The van der Waals surface area contributed by atoms with E-state index < -0.39 is 9.84 Å². The Morgan fingerprint density at radius 3 is 2.64 bits per heavy atom. The van der Waals surface area contributed by atoms with Crippen LogP contribution in [0.4, 0.5) is 0 Å². The fourth-order valence-corrected chi connectivity index (χ4v) is 5.41. The van der Waals surface area contributed by atoms with Crippen LogP contribution in [0.15, 0.2) is 76.0 Å². The molecule has 0 bridgehead atoms. The molecule has 1 aliphatic heterocycles. The number of benzene rings is 2. The van der Waals surface area contributed by atoms with Gasteiger partial charge in [0.2, 0.25) is 9.84 Å². The molecule has 3 aromatic rings. The van der Waals surface area contributed by atoms with Crippen molar-refractivity contribution < 1.29 is 8.42 Å². The lowest BCUT2D eigenvalue weighted by Gasteiger charge is -2.06. The number of thioether (sulfide) groups is 1. The van der Waals surface area contributed by atoms with E-state index in [2.05, 4.69) is 4.98 Å². The summed E-state index contributed by atoms with van der Waals surface area (Å²) in [5, 5.41) is 2.40. The van der Waals surface area contributed by atoms with Crippen molar-refractivity contribution in [3.8, 4) is 0 Å². The summed E-state index contributed by atoms with van der Waals surface area (Å²) in [4.78, 5) is 6.50. The highest BCUT2D eigenvalue weighted by Crippen LogP contribution is 2.44. The lowest BCUT2D eigenvalue weighted by molar-refractivity contribution is 0.605. The second-order valence-electron chi connectivity index (χ2n) is 4.96. The monoisotopic (exact) mass is 325 g/mol. The highest BCUT2D eigenvalue weighted by atomic mass is 32.2. The molecule has 0 fully saturated rings. The van der Waals surface area contributed by atoms with Gasteiger partial charge >= 0.3 is 0 Å². The van der Waals surface area contributed by atoms with E-state index in [-0.39, 0.29) is 0 Å². The van der Waals surface area contributed by atoms with Crippen LogP contribution in [-0.4, -0.2) is 13.4 Å². The SMILES string of the molecule is O=S1(=O)C=C(Sc2cccc3cccnc23)c2ccccc21. The number of aromatic nitrogens is 1. The number of pyridine rings is 1. The van der Waals surface area contributed by atoms with Crippen LogP contribution in [0.5, 0.6) is 0 Å². The van der Waals surface area contributed by atoms with Crippen LogP contribution in [0.3, 0.4) is 0 Å². The predicted octanol–water partition coefficient (Wildman–Crippen LogP) is 4.11. The molecule has 0 aliphatic carbocycles. The molecule has 108 valence electrons. The van der Waals surface area contributed by atoms with Gasteiger partial charge < -0.3 is 0 Å². The number of sulfone groups is 1. The van der Waals surface area contributed by atoms with Gasteiger partial charge in [-0.15, -0.1) is 0 Å². The summed E-state index contributed by atoms with van der Waals surface area (Å²) in [6.45, 7) is 0. The first-order chi connectivity index (χ1) is 10.6. The maximum Gasteiger partial charge on any atom is 0.201 e. The third-order valence-corrected chi connectivity index (χ3v) is 6.31. The molecular formula is C17H11NO2S2. The Hall–Kier alpha value is -2.11. The van der Waals surface area contributed by atoms with Crippen molar-refractivity contribution in [2.45, 2.75) is 9.79 Å². The molecular weight excluding hydrogens is 314 g/mol. The van der Waals surface area contributed by atoms with Crippen LogP contribution >= 0.6 is 11.8 Å². The minimum absolute atomic E-state index is 0.380. The van der Waals surface area contributed by atoms with Crippen LogP contribution in [0, 0.1) is 0 Å². The highest BCUT2D eigenvalue weighted by molar-refractivity contribution is 8.10. The van der Waals surface area contributed by atoms with Gasteiger partial charge in [0.05, 0.1) is 15.8 Å². The Morgan fingerprint density at radius 1 is 0.909 bits per heavy atom. The second kappa shape index (κ2) is 4.97. The van der Waals surface area contributed by atoms with Crippen molar-refractivity contribution >= 4 is 37.4 Å². The average Bonchev–Trinajstić information content (AvgIpc) is 2.79. The van der Waals surface area contributed by atoms with E-state index in [0.29, 0.717) is 4.90 Å². The normalized spacial score (nSPS) is 15.5. The first-order valence-corrected chi connectivity index (χ1v) is 9.09. The number of rotatable bonds is 2. The summed E-state index contributed by atoms with van der Waals surface area (Å²) < 4.78 is 24.4. The van der Waals surface area contributed by atoms with E-state index in [0.717, 1.165) is 26.3 Å². The van der Waals surface area contributed by atoms with Crippen molar-refractivity contribution in [3.63, 3.8) is 0 Å². The van der Waals surface area contributed by atoms with Gasteiger partial charge in [0, 0.05) is 26.9 Å². The molecule has 2 heterocycles. The van der Waals surface area contributed by atoms with E-state index in [1.807, 2.05) is 42.5 Å². The van der Waals surface area contributed by atoms with Gasteiger partial charge in [-0.25, -0.2) is 8.42 Å². The van der Waals surface area contributed by atoms with Gasteiger partial charge in [-0.1, -0.05) is 48.2 Å². The first-order valence-electron chi connectivity index (χ1n) is 6.73. The molecule has 1 aromatic heterocycles. The minimum atomic E-state index is -3.33. The van der Waals surface area contributed by atoms with Crippen LogP contribution in [-0.2, 0) is 9.84 Å². The zero-order valence-corrected chi connectivity index (χ0v) is 13.1. The predicted molar refractivity (Wildman–Crippen MR) is 89.2 cm³/mol. The molecule has 0 spiro atoms. The third kappa shape index (κ3) is 2.14. The zero-order chi connectivity index (χ0) is 15.2. The summed E-state index contributed by atoms with van der Waals surface area (Å²) in [5.74, 6) is 0. The molecule has 0 saturated carbocycles. The van der Waals surface area contributed by atoms with Gasteiger partial charge in [0.25, 0.3) is 0 Å². The maximum absolute atomic E-state index is 12.2.